The van der Waals surface area contributed by atoms with Crippen molar-refractivity contribution >= 4 is 0 Å². The summed E-state index contributed by atoms with van der Waals surface area (Å²) in [6.07, 6.45) is 2.50. The van der Waals surface area contributed by atoms with E-state index in [0.29, 0.717) is 12.5 Å². The molecule has 2 fully saturated rings. The lowest BCUT2D eigenvalue weighted by Gasteiger charge is -2.48. The number of hydrogen-bond acceptors (Lipinski definition) is 3. The van der Waals surface area contributed by atoms with Crippen LogP contribution in [0.1, 0.15) is 45.4 Å². The Bertz CT molecular complexity index is 317. The Labute approximate surface area is 125 Å². The summed E-state index contributed by atoms with van der Waals surface area (Å²) in [6.45, 7) is 4.11. The Kier molecular flexibility index (Phi) is 5.91. The highest BCUT2D eigenvalue weighted by Crippen LogP contribution is 2.37. The van der Waals surface area contributed by atoms with E-state index in [2.05, 4.69) is 17.1 Å². The number of nitrogens with zero attached hydrogens (tertiary/aromatic N) is 1. The van der Waals surface area contributed by atoms with E-state index in [-0.39, 0.29) is 12.1 Å². The van der Waals surface area contributed by atoms with Crippen molar-refractivity contribution in [2.75, 3.05) is 32.8 Å². The molecule has 1 heterocycles. The summed E-state index contributed by atoms with van der Waals surface area (Å²) in [5.74, 6) is 0. The zero-order chi connectivity index (χ0) is 15.3. The van der Waals surface area contributed by atoms with E-state index in [0.717, 1.165) is 26.1 Å². The molecule has 0 amide bonds. The third-order valence-corrected chi connectivity index (χ3v) is 4.84. The zero-order valence-electron chi connectivity index (χ0n) is 12.8. The predicted molar refractivity (Wildman–Crippen MR) is 76.3 cm³/mol. The van der Waals surface area contributed by atoms with E-state index in [4.69, 9.17) is 4.74 Å². The van der Waals surface area contributed by atoms with E-state index in [1.807, 2.05) is 0 Å². The Morgan fingerprint density at radius 3 is 2.62 bits per heavy atom. The van der Waals surface area contributed by atoms with Gasteiger partial charge in [0.15, 0.2) is 0 Å². The largest absolute Gasteiger partial charge is 0.411 e. The minimum atomic E-state index is -4.21. The molecule has 0 radical (unpaired) electrons. The normalized spacial score (nSPS) is 26.6. The number of hydrogen-bond donors (Lipinski definition) is 1. The maximum atomic E-state index is 12.0. The number of nitrogens with one attached hydrogen (secondary N) is 1. The van der Waals surface area contributed by atoms with Crippen LogP contribution in [0, 0.1) is 0 Å². The molecule has 1 spiro atoms. The first-order chi connectivity index (χ1) is 9.95. The number of rotatable bonds is 6. The van der Waals surface area contributed by atoms with Crippen molar-refractivity contribution in [1.29, 1.82) is 0 Å². The van der Waals surface area contributed by atoms with Crippen molar-refractivity contribution in [3.8, 4) is 0 Å². The summed E-state index contributed by atoms with van der Waals surface area (Å²) in [6, 6.07) is 0.507. The average Bonchev–Trinajstić information content (AvgIpc) is 2.89. The fraction of sp³-hybridized carbons (Fsp3) is 1.00. The van der Waals surface area contributed by atoms with Gasteiger partial charge in [-0.25, -0.2) is 0 Å². The number of ether oxygens (including phenoxy) is 1. The molecule has 0 aromatic rings. The molecular formula is C15H27F3N2O. The Morgan fingerprint density at radius 1 is 1.29 bits per heavy atom. The maximum Gasteiger partial charge on any atom is 0.411 e. The van der Waals surface area contributed by atoms with Crippen LogP contribution in [0.5, 0.6) is 0 Å². The molecule has 3 nitrogen and oxygen atoms in total. The molecule has 0 bridgehead atoms. The third kappa shape index (κ3) is 4.83. The van der Waals surface area contributed by atoms with Crippen molar-refractivity contribution in [3.05, 3.63) is 0 Å². The Balaban J connectivity index is 1.77. The maximum absolute atomic E-state index is 12.0. The van der Waals surface area contributed by atoms with E-state index < -0.39 is 12.8 Å². The molecule has 1 atom stereocenters. The first-order valence-corrected chi connectivity index (χ1v) is 8.08. The third-order valence-electron chi connectivity index (χ3n) is 4.84. The molecule has 6 heteroatoms. The van der Waals surface area contributed by atoms with Crippen LogP contribution in [0.25, 0.3) is 0 Å². The molecule has 0 aromatic heterocycles. The van der Waals surface area contributed by atoms with E-state index in [1.54, 1.807) is 0 Å². The molecule has 1 aliphatic carbocycles. The predicted octanol–water partition coefficient (Wildman–Crippen LogP) is 2.95. The summed E-state index contributed by atoms with van der Waals surface area (Å²) in [7, 11) is 0. The van der Waals surface area contributed by atoms with Crippen molar-refractivity contribution in [3.63, 3.8) is 0 Å². The first kappa shape index (κ1) is 17.0. The Morgan fingerprint density at radius 2 is 2.00 bits per heavy atom. The van der Waals surface area contributed by atoms with Gasteiger partial charge in [-0.3, -0.25) is 4.90 Å². The minimum absolute atomic E-state index is 0.191. The van der Waals surface area contributed by atoms with Gasteiger partial charge in [-0.1, -0.05) is 19.8 Å². The second-order valence-corrected chi connectivity index (χ2v) is 6.38. The lowest BCUT2D eigenvalue weighted by molar-refractivity contribution is -0.174. The highest BCUT2D eigenvalue weighted by Gasteiger charge is 2.42. The fourth-order valence-corrected chi connectivity index (χ4v) is 3.64. The fourth-order valence-electron chi connectivity index (χ4n) is 3.64. The number of alkyl halides is 3. The van der Waals surface area contributed by atoms with Crippen LogP contribution >= 0.6 is 0 Å². The summed E-state index contributed by atoms with van der Waals surface area (Å²) >= 11 is 0. The quantitative estimate of drug-likeness (QED) is 0.764. The van der Waals surface area contributed by atoms with Gasteiger partial charge in [0.05, 0.1) is 0 Å². The summed E-state index contributed by atoms with van der Waals surface area (Å²) in [4.78, 5) is 2.52. The lowest BCUT2D eigenvalue weighted by atomic mass is 9.90. The van der Waals surface area contributed by atoms with Gasteiger partial charge in [-0.2, -0.15) is 13.2 Å². The Hall–Kier alpha value is -0.330. The van der Waals surface area contributed by atoms with Crippen LogP contribution in [-0.2, 0) is 4.74 Å². The van der Waals surface area contributed by atoms with Gasteiger partial charge in [0.1, 0.15) is 6.61 Å². The van der Waals surface area contributed by atoms with Crippen molar-refractivity contribution in [1.82, 2.24) is 10.2 Å². The molecule has 2 rings (SSSR count). The highest BCUT2D eigenvalue weighted by atomic mass is 19.4. The molecule has 1 saturated carbocycles. The van der Waals surface area contributed by atoms with Gasteiger partial charge in [-0.15, -0.1) is 0 Å². The summed E-state index contributed by atoms with van der Waals surface area (Å²) < 4.78 is 40.8. The molecule has 21 heavy (non-hydrogen) atoms. The van der Waals surface area contributed by atoms with Crippen molar-refractivity contribution in [2.45, 2.75) is 63.2 Å². The van der Waals surface area contributed by atoms with E-state index >= 15 is 0 Å². The molecule has 124 valence electrons. The van der Waals surface area contributed by atoms with E-state index in [1.165, 1.54) is 25.7 Å². The molecule has 0 aromatic carbocycles. The lowest BCUT2D eigenvalue weighted by Crippen LogP contribution is -2.63. The van der Waals surface area contributed by atoms with Crippen molar-refractivity contribution in [2.24, 2.45) is 0 Å². The number of piperazine rings is 1. The molecule has 2 aliphatic rings. The van der Waals surface area contributed by atoms with Crippen LogP contribution < -0.4 is 5.32 Å². The topological polar surface area (TPSA) is 24.5 Å². The second-order valence-electron chi connectivity index (χ2n) is 6.38. The van der Waals surface area contributed by atoms with Crippen LogP contribution in [0.2, 0.25) is 0 Å². The van der Waals surface area contributed by atoms with Gasteiger partial charge in [0.25, 0.3) is 0 Å². The van der Waals surface area contributed by atoms with Crippen LogP contribution in [0.15, 0.2) is 0 Å². The average molecular weight is 308 g/mol. The van der Waals surface area contributed by atoms with E-state index in [9.17, 15) is 13.2 Å². The van der Waals surface area contributed by atoms with Gasteiger partial charge in [0.2, 0.25) is 0 Å². The van der Waals surface area contributed by atoms with Crippen molar-refractivity contribution < 1.29 is 17.9 Å². The molecule has 1 unspecified atom stereocenters. The van der Waals surface area contributed by atoms with Crippen LogP contribution in [0.4, 0.5) is 13.2 Å². The molecule has 1 saturated heterocycles. The second kappa shape index (κ2) is 7.29. The SMILES string of the molecule is CCC1CN(CCCOCC(F)(F)F)C2(CCCC2)CN1. The zero-order valence-corrected chi connectivity index (χ0v) is 12.8. The standard InChI is InChI=1S/C15H27F3N2O/c1-2-13-10-20(8-5-9-21-12-15(16,17)18)14(11-19-13)6-3-4-7-14/h13,19H,2-12H2,1H3. The van der Waals surface area contributed by atoms with Crippen LogP contribution in [-0.4, -0.2) is 55.5 Å². The highest BCUT2D eigenvalue weighted by molar-refractivity contribution is 5.01. The summed E-state index contributed by atoms with van der Waals surface area (Å²) in [5, 5.41) is 3.63. The van der Waals surface area contributed by atoms with Gasteiger partial charge >= 0.3 is 6.18 Å². The minimum Gasteiger partial charge on any atom is -0.372 e. The monoisotopic (exact) mass is 308 g/mol. The van der Waals surface area contributed by atoms with Gasteiger partial charge < -0.3 is 10.1 Å². The van der Waals surface area contributed by atoms with Crippen LogP contribution in [0.3, 0.4) is 0 Å². The summed E-state index contributed by atoms with van der Waals surface area (Å²) in [5.41, 5.74) is 0.246. The molecule has 1 N–H and O–H groups in total. The molecular weight excluding hydrogens is 281 g/mol. The molecule has 1 aliphatic heterocycles. The number of halogens is 3. The van der Waals surface area contributed by atoms with Gasteiger partial charge in [-0.05, 0) is 25.7 Å². The van der Waals surface area contributed by atoms with Gasteiger partial charge in [0, 0.05) is 37.8 Å². The smallest absolute Gasteiger partial charge is 0.372 e. The first-order valence-electron chi connectivity index (χ1n) is 8.08.